The Kier molecular flexibility index (Phi) is 4.16. The van der Waals surface area contributed by atoms with Gasteiger partial charge in [0, 0.05) is 25.8 Å². The summed E-state index contributed by atoms with van der Waals surface area (Å²) in [5.41, 5.74) is 7.45. The molecule has 0 aromatic heterocycles. The topological polar surface area (TPSA) is 66.6 Å². The van der Waals surface area contributed by atoms with Gasteiger partial charge in [0.25, 0.3) is 0 Å². The number of piperazine rings is 1. The van der Waals surface area contributed by atoms with Gasteiger partial charge in [0.2, 0.25) is 0 Å². The van der Waals surface area contributed by atoms with Gasteiger partial charge >= 0.3 is 11.8 Å². The fourth-order valence-electron chi connectivity index (χ4n) is 2.13. The van der Waals surface area contributed by atoms with Crippen LogP contribution in [0.3, 0.4) is 0 Å². The van der Waals surface area contributed by atoms with Gasteiger partial charge in [-0.2, -0.15) is 0 Å². The predicted octanol–water partition coefficient (Wildman–Crippen LogP) is 0.383. The van der Waals surface area contributed by atoms with E-state index in [1.54, 1.807) is 7.05 Å². The van der Waals surface area contributed by atoms with E-state index in [1.807, 2.05) is 24.3 Å². The summed E-state index contributed by atoms with van der Waals surface area (Å²) < 4.78 is 0. The molecule has 5 heteroatoms. The highest BCUT2D eigenvalue weighted by Crippen LogP contribution is 2.18. The molecule has 1 heterocycles. The first-order valence-corrected chi connectivity index (χ1v) is 6.49. The van der Waals surface area contributed by atoms with Crippen molar-refractivity contribution in [2.24, 2.45) is 5.73 Å². The molecule has 1 aliphatic rings. The van der Waals surface area contributed by atoms with E-state index in [2.05, 4.69) is 0 Å². The summed E-state index contributed by atoms with van der Waals surface area (Å²) in [6.07, 6.45) is 1.89. The van der Waals surface area contributed by atoms with Crippen LogP contribution < -0.4 is 10.6 Å². The molecule has 2 amide bonds. The Morgan fingerprint density at radius 2 is 1.79 bits per heavy atom. The van der Waals surface area contributed by atoms with Crippen molar-refractivity contribution >= 4 is 17.5 Å². The van der Waals surface area contributed by atoms with Crippen molar-refractivity contribution in [2.45, 2.75) is 12.8 Å². The number of hydrogen-bond donors (Lipinski definition) is 1. The summed E-state index contributed by atoms with van der Waals surface area (Å²) in [4.78, 5) is 26.5. The standard InChI is InChI=1S/C14H19N3O2/c1-16-9-10-17(14(19)13(16)18)12-6-4-11(5-7-12)3-2-8-15/h4-7H,2-3,8-10,15H2,1H3. The smallest absolute Gasteiger partial charge is 0.316 e. The first-order chi connectivity index (χ1) is 9.13. The summed E-state index contributed by atoms with van der Waals surface area (Å²) in [6, 6.07) is 7.76. The third-order valence-corrected chi connectivity index (χ3v) is 3.35. The number of nitrogens with two attached hydrogens (primary N) is 1. The highest BCUT2D eigenvalue weighted by molar-refractivity contribution is 6.40. The molecule has 1 aromatic rings. The lowest BCUT2D eigenvalue weighted by atomic mass is 10.1. The molecule has 0 radical (unpaired) electrons. The zero-order valence-electron chi connectivity index (χ0n) is 11.1. The minimum Gasteiger partial charge on any atom is -0.336 e. The molecule has 0 bridgehead atoms. The van der Waals surface area contributed by atoms with Gasteiger partial charge in [-0.05, 0) is 37.1 Å². The van der Waals surface area contributed by atoms with E-state index in [9.17, 15) is 9.59 Å². The zero-order chi connectivity index (χ0) is 13.8. The van der Waals surface area contributed by atoms with Crippen LogP contribution in [0.4, 0.5) is 5.69 Å². The quantitative estimate of drug-likeness (QED) is 0.797. The van der Waals surface area contributed by atoms with Gasteiger partial charge in [0.1, 0.15) is 0 Å². The van der Waals surface area contributed by atoms with Gasteiger partial charge in [-0.1, -0.05) is 12.1 Å². The number of hydrogen-bond acceptors (Lipinski definition) is 3. The largest absolute Gasteiger partial charge is 0.336 e. The van der Waals surface area contributed by atoms with Crippen LogP contribution in [0.5, 0.6) is 0 Å². The number of nitrogens with zero attached hydrogens (tertiary/aromatic N) is 2. The second kappa shape index (κ2) is 5.84. The van der Waals surface area contributed by atoms with E-state index in [4.69, 9.17) is 5.73 Å². The minimum absolute atomic E-state index is 0.446. The maximum absolute atomic E-state index is 11.9. The average molecular weight is 261 g/mol. The van der Waals surface area contributed by atoms with Gasteiger partial charge in [0.15, 0.2) is 0 Å². The van der Waals surface area contributed by atoms with Gasteiger partial charge < -0.3 is 15.5 Å². The molecule has 0 spiro atoms. The molecule has 2 rings (SSSR count). The lowest BCUT2D eigenvalue weighted by Gasteiger charge is -2.31. The van der Waals surface area contributed by atoms with Crippen LogP contribution in [0.2, 0.25) is 0 Å². The van der Waals surface area contributed by atoms with E-state index in [-0.39, 0.29) is 0 Å². The van der Waals surface area contributed by atoms with Crippen LogP contribution >= 0.6 is 0 Å². The third-order valence-electron chi connectivity index (χ3n) is 3.35. The Bertz CT molecular complexity index is 470. The Balaban J connectivity index is 2.09. The van der Waals surface area contributed by atoms with Crippen LogP contribution in [0, 0.1) is 0 Å². The van der Waals surface area contributed by atoms with E-state index in [1.165, 1.54) is 15.4 Å². The third kappa shape index (κ3) is 2.93. The number of likely N-dealkylation sites (N-methyl/N-ethyl adjacent to an activating group) is 1. The molecule has 0 saturated carbocycles. The molecule has 19 heavy (non-hydrogen) atoms. The van der Waals surface area contributed by atoms with Gasteiger partial charge in [-0.25, -0.2) is 0 Å². The Morgan fingerprint density at radius 1 is 1.11 bits per heavy atom. The first-order valence-electron chi connectivity index (χ1n) is 6.49. The Morgan fingerprint density at radius 3 is 2.42 bits per heavy atom. The van der Waals surface area contributed by atoms with Crippen LogP contribution in [0.15, 0.2) is 24.3 Å². The molecule has 1 fully saturated rings. The summed E-state index contributed by atoms with van der Waals surface area (Å²) in [6.45, 7) is 1.79. The monoisotopic (exact) mass is 261 g/mol. The van der Waals surface area contributed by atoms with Gasteiger partial charge in [0.05, 0.1) is 0 Å². The van der Waals surface area contributed by atoms with E-state index in [0.717, 1.165) is 18.5 Å². The second-order valence-corrected chi connectivity index (χ2v) is 4.74. The molecular weight excluding hydrogens is 242 g/mol. The number of anilines is 1. The highest BCUT2D eigenvalue weighted by Gasteiger charge is 2.30. The molecule has 1 aromatic carbocycles. The van der Waals surface area contributed by atoms with Crippen LogP contribution in [-0.4, -0.2) is 43.4 Å². The van der Waals surface area contributed by atoms with E-state index < -0.39 is 11.8 Å². The molecule has 0 unspecified atom stereocenters. The number of rotatable bonds is 4. The SMILES string of the molecule is CN1CCN(c2ccc(CCCN)cc2)C(=O)C1=O. The molecule has 1 saturated heterocycles. The van der Waals surface area contributed by atoms with Gasteiger partial charge in [-0.15, -0.1) is 0 Å². The molecule has 2 N–H and O–H groups in total. The summed E-state index contributed by atoms with van der Waals surface area (Å²) in [7, 11) is 1.65. The summed E-state index contributed by atoms with van der Waals surface area (Å²) in [5.74, 6) is -0.901. The van der Waals surface area contributed by atoms with Gasteiger partial charge in [-0.3, -0.25) is 9.59 Å². The number of carbonyl (C=O) groups excluding carboxylic acids is 2. The predicted molar refractivity (Wildman–Crippen MR) is 73.8 cm³/mol. The van der Waals surface area contributed by atoms with Crippen molar-refractivity contribution in [2.75, 3.05) is 31.6 Å². The molecule has 0 aliphatic carbocycles. The first kappa shape index (κ1) is 13.5. The summed E-state index contributed by atoms with van der Waals surface area (Å²) >= 11 is 0. The number of benzene rings is 1. The lowest BCUT2D eigenvalue weighted by Crippen LogP contribution is -2.53. The lowest BCUT2D eigenvalue weighted by molar-refractivity contribution is -0.145. The Labute approximate surface area is 113 Å². The van der Waals surface area contributed by atoms with Crippen molar-refractivity contribution in [1.82, 2.24) is 4.90 Å². The summed E-state index contributed by atoms with van der Waals surface area (Å²) in [5, 5.41) is 0. The van der Waals surface area contributed by atoms with Crippen LogP contribution in [0.1, 0.15) is 12.0 Å². The van der Waals surface area contributed by atoms with Crippen molar-refractivity contribution in [3.05, 3.63) is 29.8 Å². The molecule has 5 nitrogen and oxygen atoms in total. The van der Waals surface area contributed by atoms with Crippen molar-refractivity contribution in [1.29, 1.82) is 0 Å². The van der Waals surface area contributed by atoms with E-state index >= 15 is 0 Å². The number of amides is 2. The molecule has 0 atom stereocenters. The maximum atomic E-state index is 11.9. The van der Waals surface area contributed by atoms with Crippen LogP contribution in [0.25, 0.3) is 0 Å². The zero-order valence-corrected chi connectivity index (χ0v) is 11.1. The fraction of sp³-hybridized carbons (Fsp3) is 0.429. The van der Waals surface area contributed by atoms with E-state index in [0.29, 0.717) is 19.6 Å². The van der Waals surface area contributed by atoms with Crippen LogP contribution in [-0.2, 0) is 16.0 Å². The molecule has 102 valence electrons. The highest BCUT2D eigenvalue weighted by atomic mass is 16.2. The normalized spacial score (nSPS) is 16.1. The molecule has 1 aliphatic heterocycles. The fourth-order valence-corrected chi connectivity index (χ4v) is 2.13. The maximum Gasteiger partial charge on any atom is 0.316 e. The van der Waals surface area contributed by atoms with Crippen molar-refractivity contribution in [3.63, 3.8) is 0 Å². The number of aryl methyl sites for hydroxylation is 1. The van der Waals surface area contributed by atoms with Crippen molar-refractivity contribution in [3.8, 4) is 0 Å². The molecular formula is C14H19N3O2. The van der Waals surface area contributed by atoms with Crippen molar-refractivity contribution < 1.29 is 9.59 Å². The average Bonchev–Trinajstić information content (AvgIpc) is 2.44. The minimum atomic E-state index is -0.455. The number of carbonyl (C=O) groups is 2. The second-order valence-electron chi connectivity index (χ2n) is 4.74. The Hall–Kier alpha value is -1.88.